The van der Waals surface area contributed by atoms with Gasteiger partial charge in [-0.2, -0.15) is 0 Å². The average Bonchev–Trinajstić information content (AvgIpc) is 3.31. The number of hydrogen-bond acceptors (Lipinski definition) is 6. The smallest absolute Gasteiger partial charge is 0.306 e. The number of hydrogen-bond donors (Lipinski definition) is 0. The van der Waals surface area contributed by atoms with Gasteiger partial charge in [-0.3, -0.25) is 14.4 Å². The molecule has 6 heteroatoms. The number of allylic oxidation sites excluding steroid dienone is 18. The van der Waals surface area contributed by atoms with E-state index in [1.165, 1.54) is 44.9 Å². The SMILES string of the molecule is CC/C=C\C/C=C\C/C=C\CCCCCCCCC(=O)OC(COC(=O)CCCCCC/C=C\C/C=C\C/C=C\CC)COC(=O)CCCCCCC\C=C/C=C\C=C/CCCCCCC. The van der Waals surface area contributed by atoms with Crippen molar-refractivity contribution in [3.63, 3.8) is 0 Å². The van der Waals surface area contributed by atoms with Crippen molar-refractivity contribution in [2.24, 2.45) is 0 Å². The molecule has 374 valence electrons. The highest BCUT2D eigenvalue weighted by atomic mass is 16.6. The fraction of sp³-hybridized carbons (Fsp3) is 0.650. The van der Waals surface area contributed by atoms with Crippen LogP contribution >= 0.6 is 0 Å². The largest absolute Gasteiger partial charge is 0.462 e. The molecule has 0 aromatic carbocycles. The van der Waals surface area contributed by atoms with Crippen LogP contribution in [0.4, 0.5) is 0 Å². The Hall–Kier alpha value is -3.93. The molecule has 0 saturated heterocycles. The minimum absolute atomic E-state index is 0.103. The summed E-state index contributed by atoms with van der Waals surface area (Å²) in [6.45, 7) is 6.34. The monoisotopic (exact) mass is 915 g/mol. The van der Waals surface area contributed by atoms with E-state index < -0.39 is 6.10 Å². The van der Waals surface area contributed by atoms with Crippen molar-refractivity contribution in [1.82, 2.24) is 0 Å². The number of rotatable bonds is 47. The quantitative estimate of drug-likeness (QED) is 0.0199. The van der Waals surface area contributed by atoms with Crippen molar-refractivity contribution in [3.8, 4) is 0 Å². The lowest BCUT2D eigenvalue weighted by Gasteiger charge is -2.18. The summed E-state index contributed by atoms with van der Waals surface area (Å²) in [5.41, 5.74) is 0. The Morgan fingerprint density at radius 1 is 0.333 bits per heavy atom. The predicted octanol–water partition coefficient (Wildman–Crippen LogP) is 17.9. The summed E-state index contributed by atoms with van der Waals surface area (Å²) in [5, 5.41) is 0. The van der Waals surface area contributed by atoms with Gasteiger partial charge in [0.25, 0.3) is 0 Å². The van der Waals surface area contributed by atoms with Crippen LogP contribution in [0.5, 0.6) is 0 Å². The third-order valence-corrected chi connectivity index (χ3v) is 11.1. The number of unbranched alkanes of at least 4 members (excludes halogenated alkanes) is 20. The Labute approximate surface area is 406 Å². The van der Waals surface area contributed by atoms with Crippen LogP contribution in [0.25, 0.3) is 0 Å². The molecule has 0 N–H and O–H groups in total. The van der Waals surface area contributed by atoms with Crippen LogP contribution in [-0.2, 0) is 28.6 Å². The second-order valence-corrected chi connectivity index (χ2v) is 17.4. The van der Waals surface area contributed by atoms with Gasteiger partial charge in [0.15, 0.2) is 6.10 Å². The van der Waals surface area contributed by atoms with Crippen LogP contribution in [-0.4, -0.2) is 37.2 Å². The lowest BCUT2D eigenvalue weighted by molar-refractivity contribution is -0.167. The molecule has 0 aromatic rings. The lowest BCUT2D eigenvalue weighted by Crippen LogP contribution is -2.30. The molecular formula is C60H98O6. The first-order valence-corrected chi connectivity index (χ1v) is 26.9. The highest BCUT2D eigenvalue weighted by Gasteiger charge is 2.19. The van der Waals surface area contributed by atoms with Gasteiger partial charge in [-0.15, -0.1) is 0 Å². The molecule has 0 spiro atoms. The Morgan fingerprint density at radius 3 is 1.05 bits per heavy atom. The van der Waals surface area contributed by atoms with Crippen molar-refractivity contribution in [2.45, 2.75) is 239 Å². The molecule has 1 unspecified atom stereocenters. The van der Waals surface area contributed by atoms with Crippen molar-refractivity contribution in [1.29, 1.82) is 0 Å². The number of ether oxygens (including phenoxy) is 3. The molecular weight excluding hydrogens is 817 g/mol. The molecule has 0 aliphatic heterocycles. The molecule has 0 aliphatic rings. The van der Waals surface area contributed by atoms with Crippen LogP contribution in [0.15, 0.2) is 109 Å². The van der Waals surface area contributed by atoms with Crippen molar-refractivity contribution >= 4 is 17.9 Å². The third-order valence-electron chi connectivity index (χ3n) is 11.1. The first-order chi connectivity index (χ1) is 32.5. The maximum atomic E-state index is 12.8. The van der Waals surface area contributed by atoms with Crippen molar-refractivity contribution < 1.29 is 28.6 Å². The van der Waals surface area contributed by atoms with Crippen LogP contribution in [0.2, 0.25) is 0 Å². The number of carbonyl (C=O) groups is 3. The Kier molecular flexibility index (Phi) is 50.5. The molecule has 0 rings (SSSR count). The van der Waals surface area contributed by atoms with E-state index in [4.69, 9.17) is 14.2 Å². The van der Waals surface area contributed by atoms with Crippen LogP contribution in [0.3, 0.4) is 0 Å². The summed E-state index contributed by atoms with van der Waals surface area (Å²) in [6.07, 6.45) is 72.1. The lowest BCUT2D eigenvalue weighted by atomic mass is 10.1. The molecule has 6 nitrogen and oxygen atoms in total. The van der Waals surface area contributed by atoms with Crippen LogP contribution < -0.4 is 0 Å². The van der Waals surface area contributed by atoms with E-state index in [9.17, 15) is 14.4 Å². The summed E-state index contributed by atoms with van der Waals surface area (Å²) in [5.74, 6) is -0.960. The van der Waals surface area contributed by atoms with E-state index in [1.54, 1.807) is 0 Å². The van der Waals surface area contributed by atoms with E-state index in [0.717, 1.165) is 148 Å². The zero-order chi connectivity index (χ0) is 47.9. The van der Waals surface area contributed by atoms with E-state index in [1.807, 2.05) is 0 Å². The molecule has 0 fully saturated rings. The third kappa shape index (κ3) is 51.1. The number of carbonyl (C=O) groups excluding carboxylic acids is 3. The Balaban J connectivity index is 4.49. The van der Waals surface area contributed by atoms with Crippen LogP contribution in [0, 0.1) is 0 Å². The van der Waals surface area contributed by atoms with Gasteiger partial charge >= 0.3 is 17.9 Å². The molecule has 0 bridgehead atoms. The van der Waals surface area contributed by atoms with Gasteiger partial charge in [0.1, 0.15) is 13.2 Å². The molecule has 0 saturated carbocycles. The normalized spacial score (nSPS) is 13.0. The van der Waals surface area contributed by atoms with Crippen LogP contribution in [0.1, 0.15) is 233 Å². The molecule has 0 radical (unpaired) electrons. The first-order valence-electron chi connectivity index (χ1n) is 26.9. The van der Waals surface area contributed by atoms with Gasteiger partial charge in [0, 0.05) is 19.3 Å². The molecule has 0 heterocycles. The molecule has 0 aromatic heterocycles. The summed E-state index contributed by atoms with van der Waals surface area (Å²) in [6, 6.07) is 0. The van der Waals surface area contributed by atoms with E-state index in [0.29, 0.717) is 19.3 Å². The fourth-order valence-corrected chi connectivity index (χ4v) is 7.06. The van der Waals surface area contributed by atoms with Gasteiger partial charge < -0.3 is 14.2 Å². The molecule has 66 heavy (non-hydrogen) atoms. The van der Waals surface area contributed by atoms with Crippen molar-refractivity contribution in [3.05, 3.63) is 109 Å². The highest BCUT2D eigenvalue weighted by molar-refractivity contribution is 5.71. The van der Waals surface area contributed by atoms with Gasteiger partial charge in [-0.1, -0.05) is 214 Å². The fourth-order valence-electron chi connectivity index (χ4n) is 7.06. The zero-order valence-electron chi connectivity index (χ0n) is 42.7. The topological polar surface area (TPSA) is 78.9 Å². The minimum atomic E-state index is -0.805. The summed E-state index contributed by atoms with van der Waals surface area (Å²) < 4.78 is 16.8. The minimum Gasteiger partial charge on any atom is -0.462 e. The van der Waals surface area contributed by atoms with Gasteiger partial charge in [-0.25, -0.2) is 0 Å². The van der Waals surface area contributed by atoms with Gasteiger partial charge in [-0.05, 0) is 109 Å². The summed E-state index contributed by atoms with van der Waals surface area (Å²) >= 11 is 0. The maximum absolute atomic E-state index is 12.8. The average molecular weight is 915 g/mol. The van der Waals surface area contributed by atoms with E-state index in [-0.39, 0.29) is 31.1 Å². The maximum Gasteiger partial charge on any atom is 0.306 e. The zero-order valence-corrected chi connectivity index (χ0v) is 42.7. The molecule has 1 atom stereocenters. The Morgan fingerprint density at radius 2 is 0.652 bits per heavy atom. The van der Waals surface area contributed by atoms with Crippen molar-refractivity contribution in [2.75, 3.05) is 13.2 Å². The Bertz CT molecular complexity index is 1370. The number of esters is 3. The highest BCUT2D eigenvalue weighted by Crippen LogP contribution is 2.13. The summed E-state index contributed by atoms with van der Waals surface area (Å²) in [4.78, 5) is 38.1. The van der Waals surface area contributed by atoms with Gasteiger partial charge in [0.05, 0.1) is 0 Å². The van der Waals surface area contributed by atoms with Gasteiger partial charge in [0.2, 0.25) is 0 Å². The van der Waals surface area contributed by atoms with E-state index >= 15 is 0 Å². The molecule has 0 aliphatic carbocycles. The standard InChI is InChI=1S/C60H98O6/c1-4-7-10-13-16-19-22-25-28-30-31-33-35-38-41-44-47-50-53-59(62)65-56-57(55-64-58(61)52-49-46-43-40-37-34-27-24-21-18-15-12-9-6-3)66-60(63)54-51-48-45-42-39-36-32-29-26-23-20-17-14-11-8-5-2/h8-9,11-12,17-18,20-22,25-31,33-34,57H,4-7,10,13-16,19,23-24,32,35-56H2,1-3H3/b11-8-,12-9-,20-17-,21-18-,25-22-,29-26-,30-28-,33-31-,34-27-. The second-order valence-electron chi connectivity index (χ2n) is 17.4. The molecule has 0 amide bonds. The second kappa shape index (κ2) is 53.7. The predicted molar refractivity (Wildman–Crippen MR) is 283 cm³/mol. The summed E-state index contributed by atoms with van der Waals surface area (Å²) in [7, 11) is 0. The van der Waals surface area contributed by atoms with E-state index in [2.05, 4.69) is 130 Å². The first kappa shape index (κ1) is 62.1.